The summed E-state index contributed by atoms with van der Waals surface area (Å²) in [6, 6.07) is 6.14. The molecule has 16 heavy (non-hydrogen) atoms. The molecule has 1 aromatic heterocycles. The molecule has 2 rings (SSSR count). The fraction of sp³-hybridized carbons (Fsp3) is 0.286. The van der Waals surface area contributed by atoms with Crippen LogP contribution in [0.5, 0.6) is 0 Å². The Morgan fingerprint density at radius 3 is 2.31 bits per heavy atom. The average molecular weight is 232 g/mol. The van der Waals surface area contributed by atoms with Crippen LogP contribution in [0.1, 0.15) is 33.9 Å². The van der Waals surface area contributed by atoms with Gasteiger partial charge in [0.2, 0.25) is 0 Å². The van der Waals surface area contributed by atoms with E-state index in [1.54, 1.807) is 11.3 Å². The number of aliphatic hydroxyl groups excluding tert-OH is 1. The van der Waals surface area contributed by atoms with Crippen molar-refractivity contribution in [2.75, 3.05) is 0 Å². The van der Waals surface area contributed by atoms with Crippen LogP contribution in [-0.4, -0.2) is 5.11 Å². The minimum atomic E-state index is -0.495. The molecule has 0 spiro atoms. The third-order valence-corrected chi connectivity index (χ3v) is 3.92. The summed E-state index contributed by atoms with van der Waals surface area (Å²) in [5.74, 6) is 0. The fourth-order valence-corrected chi connectivity index (χ4v) is 2.63. The molecule has 0 amide bonds. The minimum absolute atomic E-state index is 0.495. The molecule has 0 aliphatic carbocycles. The van der Waals surface area contributed by atoms with Gasteiger partial charge in [0.1, 0.15) is 6.10 Å². The number of aryl methyl sites for hydroxylation is 3. The maximum atomic E-state index is 10.3. The zero-order chi connectivity index (χ0) is 11.7. The van der Waals surface area contributed by atoms with Gasteiger partial charge in [-0.3, -0.25) is 0 Å². The fourth-order valence-electron chi connectivity index (χ4n) is 1.76. The Bertz CT molecular complexity index is 499. The molecule has 0 aliphatic heterocycles. The molecule has 1 heterocycles. The number of hydrogen-bond donors (Lipinski definition) is 1. The van der Waals surface area contributed by atoms with Crippen molar-refractivity contribution >= 4 is 11.3 Å². The van der Waals surface area contributed by atoms with Crippen molar-refractivity contribution in [3.63, 3.8) is 0 Å². The van der Waals surface area contributed by atoms with Crippen molar-refractivity contribution in [2.24, 2.45) is 0 Å². The molecule has 0 aliphatic rings. The van der Waals surface area contributed by atoms with Crippen LogP contribution >= 0.6 is 11.3 Å². The molecule has 0 saturated heterocycles. The molecular weight excluding hydrogens is 216 g/mol. The first-order valence-electron chi connectivity index (χ1n) is 5.37. The Balaban J connectivity index is 2.38. The van der Waals surface area contributed by atoms with E-state index in [0.717, 1.165) is 16.7 Å². The van der Waals surface area contributed by atoms with E-state index in [1.165, 1.54) is 11.1 Å². The zero-order valence-electron chi connectivity index (χ0n) is 9.82. The number of aliphatic hydroxyl groups is 1. The lowest BCUT2D eigenvalue weighted by atomic mass is 9.98. The summed E-state index contributed by atoms with van der Waals surface area (Å²) in [6.45, 7) is 6.20. The minimum Gasteiger partial charge on any atom is -0.384 e. The van der Waals surface area contributed by atoms with Gasteiger partial charge in [0.05, 0.1) is 0 Å². The van der Waals surface area contributed by atoms with Gasteiger partial charge in [0.15, 0.2) is 0 Å². The summed E-state index contributed by atoms with van der Waals surface area (Å²) in [5.41, 5.74) is 5.65. The molecule has 2 heteroatoms. The highest BCUT2D eigenvalue weighted by Gasteiger charge is 2.13. The molecule has 0 bridgehead atoms. The molecule has 0 radical (unpaired) electrons. The average Bonchev–Trinajstić information content (AvgIpc) is 2.67. The quantitative estimate of drug-likeness (QED) is 0.836. The summed E-state index contributed by atoms with van der Waals surface area (Å²) < 4.78 is 0. The summed E-state index contributed by atoms with van der Waals surface area (Å²) in [4.78, 5) is 0. The molecule has 0 saturated carbocycles. The van der Waals surface area contributed by atoms with Crippen molar-refractivity contribution < 1.29 is 5.11 Å². The second-order valence-electron chi connectivity index (χ2n) is 4.26. The van der Waals surface area contributed by atoms with Crippen LogP contribution in [0.4, 0.5) is 0 Å². The molecule has 84 valence electrons. The molecule has 0 fully saturated rings. The van der Waals surface area contributed by atoms with Gasteiger partial charge < -0.3 is 5.11 Å². The zero-order valence-corrected chi connectivity index (χ0v) is 10.6. The van der Waals surface area contributed by atoms with Crippen molar-refractivity contribution in [1.82, 2.24) is 0 Å². The predicted molar refractivity (Wildman–Crippen MR) is 69.0 cm³/mol. The molecule has 1 nitrogen and oxygen atoms in total. The van der Waals surface area contributed by atoms with Crippen LogP contribution in [0.15, 0.2) is 29.0 Å². The van der Waals surface area contributed by atoms with Gasteiger partial charge in [-0.1, -0.05) is 18.2 Å². The summed E-state index contributed by atoms with van der Waals surface area (Å²) in [6.07, 6.45) is -0.495. The molecular formula is C14H16OS. The Morgan fingerprint density at radius 1 is 1.00 bits per heavy atom. The van der Waals surface area contributed by atoms with Crippen LogP contribution in [0.2, 0.25) is 0 Å². The number of rotatable bonds is 2. The van der Waals surface area contributed by atoms with Crippen molar-refractivity contribution in [3.8, 4) is 0 Å². The van der Waals surface area contributed by atoms with Gasteiger partial charge in [0.25, 0.3) is 0 Å². The highest BCUT2D eigenvalue weighted by Crippen LogP contribution is 2.28. The van der Waals surface area contributed by atoms with E-state index in [4.69, 9.17) is 0 Å². The highest BCUT2D eigenvalue weighted by atomic mass is 32.1. The van der Waals surface area contributed by atoms with Gasteiger partial charge in [-0.05, 0) is 59.3 Å². The number of hydrogen-bond acceptors (Lipinski definition) is 2. The van der Waals surface area contributed by atoms with E-state index in [-0.39, 0.29) is 0 Å². The van der Waals surface area contributed by atoms with E-state index in [0.29, 0.717) is 0 Å². The van der Waals surface area contributed by atoms with Crippen LogP contribution < -0.4 is 0 Å². The Hall–Kier alpha value is -1.12. The van der Waals surface area contributed by atoms with Crippen LogP contribution in [0, 0.1) is 20.8 Å². The highest BCUT2D eigenvalue weighted by molar-refractivity contribution is 7.08. The lowest BCUT2D eigenvalue weighted by Crippen LogP contribution is -2.00. The lowest BCUT2D eigenvalue weighted by Gasteiger charge is -2.12. The van der Waals surface area contributed by atoms with Crippen molar-refractivity contribution in [1.29, 1.82) is 0 Å². The second-order valence-corrected chi connectivity index (χ2v) is 5.00. The Morgan fingerprint density at radius 2 is 1.75 bits per heavy atom. The first-order valence-corrected chi connectivity index (χ1v) is 6.32. The maximum absolute atomic E-state index is 10.3. The predicted octanol–water partition coefficient (Wildman–Crippen LogP) is 3.76. The first kappa shape index (κ1) is 11.4. The lowest BCUT2D eigenvalue weighted by molar-refractivity contribution is 0.220. The van der Waals surface area contributed by atoms with Crippen LogP contribution in [0.3, 0.4) is 0 Å². The number of benzene rings is 1. The van der Waals surface area contributed by atoms with Gasteiger partial charge >= 0.3 is 0 Å². The Kier molecular flexibility index (Phi) is 3.13. The third kappa shape index (κ3) is 2.04. The van der Waals surface area contributed by atoms with E-state index < -0.39 is 6.10 Å². The second kappa shape index (κ2) is 4.40. The first-order chi connectivity index (χ1) is 7.59. The SMILES string of the molecule is Cc1ccc(C(O)c2cscc2C)cc1C. The summed E-state index contributed by atoms with van der Waals surface area (Å²) in [7, 11) is 0. The Labute approximate surface area is 100 Å². The van der Waals surface area contributed by atoms with E-state index >= 15 is 0 Å². The van der Waals surface area contributed by atoms with Crippen molar-refractivity contribution in [2.45, 2.75) is 26.9 Å². The molecule has 1 aromatic carbocycles. The standard InChI is InChI=1S/C14H16OS/c1-9-4-5-12(6-10(9)2)14(15)13-8-16-7-11(13)3/h4-8,14-15H,1-3H3. The molecule has 1 unspecified atom stereocenters. The molecule has 1 atom stereocenters. The van der Waals surface area contributed by atoms with Gasteiger partial charge in [-0.2, -0.15) is 11.3 Å². The molecule has 1 N–H and O–H groups in total. The topological polar surface area (TPSA) is 20.2 Å². The summed E-state index contributed by atoms with van der Waals surface area (Å²) >= 11 is 1.64. The monoisotopic (exact) mass is 232 g/mol. The van der Waals surface area contributed by atoms with E-state index in [9.17, 15) is 5.11 Å². The van der Waals surface area contributed by atoms with Gasteiger partial charge in [0, 0.05) is 0 Å². The largest absolute Gasteiger partial charge is 0.384 e. The van der Waals surface area contributed by atoms with Gasteiger partial charge in [-0.15, -0.1) is 0 Å². The van der Waals surface area contributed by atoms with E-state index in [2.05, 4.69) is 31.4 Å². The van der Waals surface area contributed by atoms with E-state index in [1.807, 2.05) is 18.4 Å². The smallest absolute Gasteiger partial charge is 0.105 e. The van der Waals surface area contributed by atoms with Crippen LogP contribution in [-0.2, 0) is 0 Å². The van der Waals surface area contributed by atoms with Crippen LogP contribution in [0.25, 0.3) is 0 Å². The third-order valence-electron chi connectivity index (χ3n) is 3.04. The van der Waals surface area contributed by atoms with Crippen molar-refractivity contribution in [3.05, 3.63) is 56.8 Å². The van der Waals surface area contributed by atoms with Gasteiger partial charge in [-0.25, -0.2) is 0 Å². The normalized spacial score (nSPS) is 12.8. The number of thiophene rings is 1. The summed E-state index contributed by atoms with van der Waals surface area (Å²) in [5, 5.41) is 14.4. The maximum Gasteiger partial charge on any atom is 0.105 e. The molecule has 2 aromatic rings.